The van der Waals surface area contributed by atoms with Gasteiger partial charge in [-0.2, -0.15) is 0 Å². The Kier molecular flexibility index (Phi) is 10.7. The van der Waals surface area contributed by atoms with Crippen LogP contribution in [0.25, 0.3) is 0 Å². The molecule has 8 heteroatoms. The highest BCUT2D eigenvalue weighted by Gasteiger charge is 2.18. The number of hydrogen-bond acceptors (Lipinski definition) is 5. The maximum atomic E-state index is 4.34. The summed E-state index contributed by atoms with van der Waals surface area (Å²) in [7, 11) is 1.82. The van der Waals surface area contributed by atoms with E-state index in [1.807, 2.05) is 13.1 Å². The van der Waals surface area contributed by atoms with Crippen LogP contribution in [-0.2, 0) is 6.42 Å². The highest BCUT2D eigenvalue weighted by Crippen LogP contribution is 2.09. The molecule has 3 rings (SSSR count). The Morgan fingerprint density at radius 1 is 0.966 bits per heavy atom. The summed E-state index contributed by atoms with van der Waals surface area (Å²) in [5.41, 5.74) is 1.38. The third kappa shape index (κ3) is 8.14. The van der Waals surface area contributed by atoms with Gasteiger partial charge in [-0.1, -0.05) is 30.3 Å². The van der Waals surface area contributed by atoms with Gasteiger partial charge in [0.15, 0.2) is 5.96 Å². The van der Waals surface area contributed by atoms with Crippen molar-refractivity contribution in [3.8, 4) is 0 Å². The quantitative estimate of drug-likeness (QED) is 0.246. The molecule has 0 saturated carbocycles. The van der Waals surface area contributed by atoms with Crippen LogP contribution in [0.2, 0.25) is 0 Å². The van der Waals surface area contributed by atoms with Gasteiger partial charge in [0.05, 0.1) is 0 Å². The normalized spacial score (nSPS) is 14.9. The van der Waals surface area contributed by atoms with Crippen molar-refractivity contribution in [3.63, 3.8) is 0 Å². The number of aromatic nitrogens is 2. The monoisotopic (exact) mass is 509 g/mol. The Labute approximate surface area is 191 Å². The summed E-state index contributed by atoms with van der Waals surface area (Å²) < 4.78 is 0. The Hall–Kier alpha value is -1.94. The number of nitrogens with zero attached hydrogens (tertiary/aromatic N) is 5. The fourth-order valence-electron chi connectivity index (χ4n) is 3.32. The van der Waals surface area contributed by atoms with Crippen LogP contribution in [0.1, 0.15) is 12.0 Å². The van der Waals surface area contributed by atoms with Gasteiger partial charge in [0, 0.05) is 65.3 Å². The van der Waals surface area contributed by atoms with E-state index in [2.05, 4.69) is 65.7 Å². The van der Waals surface area contributed by atoms with Crippen molar-refractivity contribution < 1.29 is 0 Å². The molecule has 2 N–H and O–H groups in total. The molecule has 0 amide bonds. The molecule has 0 unspecified atom stereocenters. The van der Waals surface area contributed by atoms with Gasteiger partial charge in [-0.15, -0.1) is 24.0 Å². The molecule has 2 aromatic rings. The van der Waals surface area contributed by atoms with Crippen LogP contribution in [0.15, 0.2) is 53.8 Å². The summed E-state index contributed by atoms with van der Waals surface area (Å²) in [5.74, 6) is 1.71. The number of anilines is 1. The van der Waals surface area contributed by atoms with Gasteiger partial charge < -0.3 is 15.5 Å². The third-order valence-corrected chi connectivity index (χ3v) is 4.93. The first kappa shape index (κ1) is 23.3. The number of rotatable bonds is 8. The number of halogens is 1. The van der Waals surface area contributed by atoms with E-state index in [1.54, 1.807) is 12.4 Å². The van der Waals surface area contributed by atoms with Crippen molar-refractivity contribution in [1.82, 2.24) is 25.5 Å². The van der Waals surface area contributed by atoms with Gasteiger partial charge in [-0.25, -0.2) is 9.97 Å². The molecule has 0 aliphatic carbocycles. The lowest BCUT2D eigenvalue weighted by molar-refractivity contribution is 0.260. The van der Waals surface area contributed by atoms with Crippen LogP contribution in [-0.4, -0.2) is 73.7 Å². The summed E-state index contributed by atoms with van der Waals surface area (Å²) >= 11 is 0. The summed E-state index contributed by atoms with van der Waals surface area (Å²) in [6, 6.07) is 12.5. The van der Waals surface area contributed by atoms with Gasteiger partial charge in [0.1, 0.15) is 0 Å². The zero-order valence-corrected chi connectivity index (χ0v) is 19.5. The Bertz CT molecular complexity index is 703. The fraction of sp³-hybridized carbons (Fsp3) is 0.476. The first-order chi connectivity index (χ1) is 13.8. The third-order valence-electron chi connectivity index (χ3n) is 4.93. The molecule has 1 aliphatic rings. The van der Waals surface area contributed by atoms with E-state index in [0.29, 0.717) is 0 Å². The molecule has 158 valence electrons. The second kappa shape index (κ2) is 13.3. The number of aliphatic imine (C=N–C) groups is 1. The molecule has 0 atom stereocenters. The molecule has 1 aliphatic heterocycles. The predicted molar refractivity (Wildman–Crippen MR) is 130 cm³/mol. The van der Waals surface area contributed by atoms with Crippen LogP contribution < -0.4 is 15.5 Å². The van der Waals surface area contributed by atoms with Crippen LogP contribution in [0.3, 0.4) is 0 Å². The van der Waals surface area contributed by atoms with Crippen molar-refractivity contribution >= 4 is 35.9 Å². The summed E-state index contributed by atoms with van der Waals surface area (Å²) in [6.45, 7) is 6.82. The minimum Gasteiger partial charge on any atom is -0.356 e. The molecule has 1 aromatic heterocycles. The second-order valence-electron chi connectivity index (χ2n) is 6.89. The van der Waals surface area contributed by atoms with E-state index in [9.17, 15) is 0 Å². The van der Waals surface area contributed by atoms with E-state index < -0.39 is 0 Å². The average molecular weight is 509 g/mol. The lowest BCUT2D eigenvalue weighted by Crippen LogP contribution is -2.49. The van der Waals surface area contributed by atoms with Crippen molar-refractivity contribution in [2.24, 2.45) is 4.99 Å². The van der Waals surface area contributed by atoms with E-state index in [-0.39, 0.29) is 24.0 Å². The minimum atomic E-state index is 0. The Balaban J connectivity index is 0.00000300. The van der Waals surface area contributed by atoms with Gasteiger partial charge >= 0.3 is 0 Å². The number of benzene rings is 1. The maximum absolute atomic E-state index is 4.34. The van der Waals surface area contributed by atoms with E-state index in [4.69, 9.17) is 0 Å². The Morgan fingerprint density at radius 3 is 2.34 bits per heavy atom. The zero-order chi connectivity index (χ0) is 19.4. The molecule has 29 heavy (non-hydrogen) atoms. The second-order valence-corrected chi connectivity index (χ2v) is 6.89. The number of piperazine rings is 1. The van der Waals surface area contributed by atoms with Crippen LogP contribution in [0, 0.1) is 0 Å². The first-order valence-electron chi connectivity index (χ1n) is 10.1. The molecule has 0 bridgehead atoms. The summed E-state index contributed by atoms with van der Waals surface area (Å²) in [4.78, 5) is 17.7. The van der Waals surface area contributed by atoms with Crippen molar-refractivity contribution in [3.05, 3.63) is 54.4 Å². The highest BCUT2D eigenvalue weighted by molar-refractivity contribution is 14.0. The molecule has 2 heterocycles. The van der Waals surface area contributed by atoms with E-state index in [0.717, 1.165) is 70.6 Å². The number of nitrogens with one attached hydrogen (secondary N) is 2. The SMILES string of the molecule is CN=C(NCCCc1ccccc1)NCCN1CCN(c2ncccn2)CC1.I. The van der Waals surface area contributed by atoms with Gasteiger partial charge in [0.25, 0.3) is 0 Å². The van der Waals surface area contributed by atoms with Crippen LogP contribution in [0.5, 0.6) is 0 Å². The highest BCUT2D eigenvalue weighted by atomic mass is 127. The average Bonchev–Trinajstić information content (AvgIpc) is 2.77. The van der Waals surface area contributed by atoms with Gasteiger partial charge in [0.2, 0.25) is 5.95 Å². The molecule has 1 fully saturated rings. The lowest BCUT2D eigenvalue weighted by atomic mass is 10.1. The largest absolute Gasteiger partial charge is 0.356 e. The fourth-order valence-corrected chi connectivity index (χ4v) is 3.32. The Morgan fingerprint density at radius 2 is 1.66 bits per heavy atom. The number of guanidine groups is 1. The molecule has 1 aromatic carbocycles. The van der Waals surface area contributed by atoms with Crippen molar-refractivity contribution in [2.75, 3.05) is 57.8 Å². The smallest absolute Gasteiger partial charge is 0.225 e. The molecule has 7 nitrogen and oxygen atoms in total. The standard InChI is InChI=1S/C21H31N7.HI/c1-22-20(23-10-5-9-19-7-3-2-4-8-19)24-13-14-27-15-17-28(18-16-27)21-25-11-6-12-26-21;/h2-4,6-8,11-12H,5,9-10,13-18H2,1H3,(H2,22,23,24);1H. The summed E-state index contributed by atoms with van der Waals surface area (Å²) in [5, 5.41) is 6.82. The molecular formula is C21H32IN7. The van der Waals surface area contributed by atoms with Gasteiger partial charge in [-0.05, 0) is 24.5 Å². The zero-order valence-electron chi connectivity index (χ0n) is 17.1. The van der Waals surface area contributed by atoms with Crippen molar-refractivity contribution in [1.29, 1.82) is 0 Å². The lowest BCUT2D eigenvalue weighted by Gasteiger charge is -2.34. The van der Waals surface area contributed by atoms with E-state index >= 15 is 0 Å². The minimum absolute atomic E-state index is 0. The molecular weight excluding hydrogens is 477 g/mol. The molecule has 0 spiro atoms. The van der Waals surface area contributed by atoms with Crippen LogP contribution >= 0.6 is 24.0 Å². The van der Waals surface area contributed by atoms with Crippen LogP contribution in [0.4, 0.5) is 5.95 Å². The van der Waals surface area contributed by atoms with E-state index in [1.165, 1.54) is 5.56 Å². The van der Waals surface area contributed by atoms with Crippen molar-refractivity contribution in [2.45, 2.75) is 12.8 Å². The topological polar surface area (TPSA) is 68.7 Å². The molecule has 0 radical (unpaired) electrons. The summed E-state index contributed by atoms with van der Waals surface area (Å²) in [6.07, 6.45) is 5.78. The maximum Gasteiger partial charge on any atom is 0.225 e. The number of hydrogen-bond donors (Lipinski definition) is 2. The predicted octanol–water partition coefficient (Wildman–Crippen LogP) is 2.01. The van der Waals surface area contributed by atoms with Gasteiger partial charge in [-0.3, -0.25) is 9.89 Å². The molecule has 1 saturated heterocycles. The first-order valence-corrected chi connectivity index (χ1v) is 10.1. The number of aryl methyl sites for hydroxylation is 1.